The summed E-state index contributed by atoms with van der Waals surface area (Å²) in [5, 5.41) is 3.21. The number of carbonyl (C=O) groups is 1. The van der Waals surface area contributed by atoms with Crippen LogP contribution in [-0.4, -0.2) is 28.1 Å². The van der Waals surface area contributed by atoms with Crippen LogP contribution in [0.4, 0.5) is 0 Å². The van der Waals surface area contributed by atoms with Crippen LogP contribution in [0.5, 0.6) is 0 Å². The number of hydrogen-bond donors (Lipinski definition) is 1. The highest BCUT2D eigenvalue weighted by Crippen LogP contribution is 2.28. The van der Waals surface area contributed by atoms with E-state index in [2.05, 4.69) is 16.4 Å². The maximum Gasteiger partial charge on any atom is 0.247 e. The smallest absolute Gasteiger partial charge is 0.247 e. The number of carbonyl (C=O) groups excluding carboxylic acids is 1. The number of aromatic nitrogens is 2. The minimum absolute atomic E-state index is 0.0228. The fourth-order valence-electron chi connectivity index (χ4n) is 3.31. The summed E-state index contributed by atoms with van der Waals surface area (Å²) in [5.74, 6) is 0.123. The van der Waals surface area contributed by atoms with E-state index in [4.69, 9.17) is 4.74 Å². The summed E-state index contributed by atoms with van der Waals surface area (Å²) in [5.41, 5.74) is 2.05. The van der Waals surface area contributed by atoms with Crippen molar-refractivity contribution >= 4 is 5.91 Å². The molecule has 1 aliphatic heterocycles. The first kappa shape index (κ1) is 15.3. The van der Waals surface area contributed by atoms with Gasteiger partial charge in [-0.05, 0) is 38.5 Å². The van der Waals surface area contributed by atoms with Gasteiger partial charge in [0.05, 0.1) is 18.2 Å². The van der Waals surface area contributed by atoms with E-state index in [1.165, 1.54) is 12.8 Å². The molecule has 1 saturated heterocycles. The lowest BCUT2D eigenvalue weighted by Gasteiger charge is -2.30. The Balaban J connectivity index is 1.59. The minimum atomic E-state index is 0.0228. The van der Waals surface area contributed by atoms with Crippen molar-refractivity contribution in [1.29, 1.82) is 0 Å². The molecule has 1 aliphatic carbocycles. The van der Waals surface area contributed by atoms with Crippen molar-refractivity contribution in [2.45, 2.75) is 57.1 Å². The van der Waals surface area contributed by atoms with Crippen molar-refractivity contribution in [2.75, 3.05) is 6.61 Å². The van der Waals surface area contributed by atoms with Crippen LogP contribution in [0.1, 0.15) is 56.7 Å². The number of nitrogens with one attached hydrogen (secondary N) is 1. The molecule has 2 atom stereocenters. The van der Waals surface area contributed by atoms with Gasteiger partial charge in [-0.1, -0.05) is 12.5 Å². The Morgan fingerprint density at radius 3 is 3.14 bits per heavy atom. The number of imidazole rings is 1. The van der Waals surface area contributed by atoms with Gasteiger partial charge in [-0.3, -0.25) is 4.79 Å². The third kappa shape index (κ3) is 3.58. The molecule has 22 heavy (non-hydrogen) atoms. The molecular formula is C17H25N3O2. The number of rotatable bonds is 3. The van der Waals surface area contributed by atoms with Gasteiger partial charge in [0.15, 0.2) is 0 Å². The third-order valence-corrected chi connectivity index (χ3v) is 4.64. The van der Waals surface area contributed by atoms with Gasteiger partial charge in [-0.25, -0.2) is 4.98 Å². The zero-order valence-corrected chi connectivity index (χ0v) is 13.3. The van der Waals surface area contributed by atoms with E-state index in [-0.39, 0.29) is 18.1 Å². The Kier molecular flexibility index (Phi) is 4.93. The molecule has 5 nitrogen and oxygen atoms in total. The van der Waals surface area contributed by atoms with E-state index in [0.29, 0.717) is 6.61 Å². The topological polar surface area (TPSA) is 56.2 Å². The SMILES string of the molecule is Cn1cncc1C1CC(NC(=O)C2=CCCCCC2)CCO1. The Morgan fingerprint density at radius 2 is 2.32 bits per heavy atom. The second-order valence-corrected chi connectivity index (χ2v) is 6.31. The molecule has 1 amide bonds. The summed E-state index contributed by atoms with van der Waals surface area (Å²) < 4.78 is 7.84. The monoisotopic (exact) mass is 303 g/mol. The van der Waals surface area contributed by atoms with E-state index >= 15 is 0 Å². The van der Waals surface area contributed by atoms with E-state index in [9.17, 15) is 4.79 Å². The fourth-order valence-corrected chi connectivity index (χ4v) is 3.31. The van der Waals surface area contributed by atoms with Crippen LogP contribution >= 0.6 is 0 Å². The van der Waals surface area contributed by atoms with Crippen LogP contribution in [0.2, 0.25) is 0 Å². The highest BCUT2D eigenvalue weighted by molar-refractivity contribution is 5.93. The van der Waals surface area contributed by atoms with Gasteiger partial charge in [0.1, 0.15) is 6.10 Å². The minimum Gasteiger partial charge on any atom is -0.372 e. The molecule has 1 aromatic heterocycles. The summed E-state index contributed by atoms with van der Waals surface area (Å²) in [6.07, 6.45) is 13.0. The molecule has 1 fully saturated rings. The summed E-state index contributed by atoms with van der Waals surface area (Å²) in [4.78, 5) is 16.6. The van der Waals surface area contributed by atoms with E-state index in [1.807, 2.05) is 17.8 Å². The number of ether oxygens (including phenoxy) is 1. The van der Waals surface area contributed by atoms with Crippen LogP contribution in [0, 0.1) is 0 Å². The van der Waals surface area contributed by atoms with Crippen molar-refractivity contribution < 1.29 is 9.53 Å². The van der Waals surface area contributed by atoms with Crippen molar-refractivity contribution in [3.05, 3.63) is 29.9 Å². The zero-order valence-electron chi connectivity index (χ0n) is 13.3. The maximum absolute atomic E-state index is 12.4. The molecule has 2 aliphatic rings. The highest BCUT2D eigenvalue weighted by Gasteiger charge is 2.27. The first-order valence-corrected chi connectivity index (χ1v) is 8.32. The Bertz CT molecular complexity index is 550. The average molecular weight is 303 g/mol. The van der Waals surface area contributed by atoms with Crippen LogP contribution < -0.4 is 5.32 Å². The molecule has 2 heterocycles. The van der Waals surface area contributed by atoms with Gasteiger partial charge in [0, 0.05) is 25.3 Å². The number of hydrogen-bond acceptors (Lipinski definition) is 3. The number of allylic oxidation sites excluding steroid dienone is 1. The van der Waals surface area contributed by atoms with Crippen LogP contribution in [0.25, 0.3) is 0 Å². The van der Waals surface area contributed by atoms with Crippen molar-refractivity contribution in [1.82, 2.24) is 14.9 Å². The molecule has 1 N–H and O–H groups in total. The van der Waals surface area contributed by atoms with Gasteiger partial charge < -0.3 is 14.6 Å². The molecule has 120 valence electrons. The average Bonchev–Trinajstić information content (AvgIpc) is 2.78. The predicted octanol–water partition coefficient (Wildman–Crippen LogP) is 2.65. The van der Waals surface area contributed by atoms with Crippen molar-refractivity contribution in [2.24, 2.45) is 7.05 Å². The standard InChI is InChI=1S/C17H25N3O2/c1-20-12-18-11-15(20)16-10-14(8-9-22-16)19-17(21)13-6-4-2-3-5-7-13/h6,11-12,14,16H,2-5,7-10H2,1H3,(H,19,21). The molecule has 1 aromatic rings. The molecule has 0 aromatic carbocycles. The number of nitrogens with zero attached hydrogens (tertiary/aromatic N) is 2. The number of amides is 1. The van der Waals surface area contributed by atoms with Crippen molar-refractivity contribution in [3.8, 4) is 0 Å². The van der Waals surface area contributed by atoms with Gasteiger partial charge in [0.2, 0.25) is 5.91 Å². The Labute approximate surface area is 131 Å². The third-order valence-electron chi connectivity index (χ3n) is 4.64. The molecule has 3 rings (SSSR count). The van der Waals surface area contributed by atoms with Gasteiger partial charge in [0.25, 0.3) is 0 Å². The molecule has 0 spiro atoms. The Hall–Kier alpha value is -1.62. The van der Waals surface area contributed by atoms with Gasteiger partial charge in [-0.15, -0.1) is 0 Å². The lowest BCUT2D eigenvalue weighted by molar-refractivity contribution is -0.119. The lowest BCUT2D eigenvalue weighted by Crippen LogP contribution is -2.40. The predicted molar refractivity (Wildman–Crippen MR) is 84.2 cm³/mol. The molecule has 0 bridgehead atoms. The summed E-state index contributed by atoms with van der Waals surface area (Å²) >= 11 is 0. The zero-order chi connectivity index (χ0) is 15.4. The summed E-state index contributed by atoms with van der Waals surface area (Å²) in [6, 6.07) is 0.185. The van der Waals surface area contributed by atoms with E-state index in [1.54, 1.807) is 6.33 Å². The lowest BCUT2D eigenvalue weighted by atomic mass is 10.00. The molecular weight excluding hydrogens is 278 g/mol. The van der Waals surface area contributed by atoms with E-state index in [0.717, 1.165) is 43.4 Å². The largest absolute Gasteiger partial charge is 0.372 e. The molecule has 5 heteroatoms. The molecule has 0 radical (unpaired) electrons. The summed E-state index contributed by atoms with van der Waals surface area (Å²) in [7, 11) is 1.98. The second-order valence-electron chi connectivity index (χ2n) is 6.31. The summed E-state index contributed by atoms with van der Waals surface area (Å²) in [6.45, 7) is 0.680. The molecule has 0 saturated carbocycles. The van der Waals surface area contributed by atoms with Crippen LogP contribution in [0.15, 0.2) is 24.2 Å². The quantitative estimate of drug-likeness (QED) is 0.934. The van der Waals surface area contributed by atoms with Crippen LogP contribution in [0.3, 0.4) is 0 Å². The van der Waals surface area contributed by atoms with Crippen molar-refractivity contribution in [3.63, 3.8) is 0 Å². The first-order valence-electron chi connectivity index (χ1n) is 8.32. The first-order chi connectivity index (χ1) is 10.7. The van der Waals surface area contributed by atoms with Gasteiger partial charge in [-0.2, -0.15) is 0 Å². The van der Waals surface area contributed by atoms with E-state index < -0.39 is 0 Å². The highest BCUT2D eigenvalue weighted by atomic mass is 16.5. The van der Waals surface area contributed by atoms with Gasteiger partial charge >= 0.3 is 0 Å². The number of aryl methyl sites for hydroxylation is 1. The molecule has 2 unspecified atom stereocenters. The second kappa shape index (κ2) is 7.09. The maximum atomic E-state index is 12.4. The Morgan fingerprint density at radius 1 is 1.41 bits per heavy atom. The van der Waals surface area contributed by atoms with Crippen LogP contribution in [-0.2, 0) is 16.6 Å². The normalized spacial score (nSPS) is 26.1. The fraction of sp³-hybridized carbons (Fsp3) is 0.647.